The van der Waals surface area contributed by atoms with E-state index in [2.05, 4.69) is 11.8 Å². The molecule has 0 spiro atoms. The number of carboxylic acids is 2. The maximum atomic E-state index is 11.0. The highest BCUT2D eigenvalue weighted by molar-refractivity contribution is 7.99. The van der Waals surface area contributed by atoms with Gasteiger partial charge in [0, 0.05) is 18.8 Å². The maximum absolute atomic E-state index is 11.0. The molecule has 0 radical (unpaired) electrons. The van der Waals surface area contributed by atoms with Crippen LogP contribution in [0, 0.1) is 11.8 Å². The van der Waals surface area contributed by atoms with Gasteiger partial charge in [0.15, 0.2) is 0 Å². The van der Waals surface area contributed by atoms with Gasteiger partial charge in [-0.15, -0.1) is 0 Å². The summed E-state index contributed by atoms with van der Waals surface area (Å²) < 4.78 is 0. The Morgan fingerprint density at radius 2 is 1.94 bits per heavy atom. The van der Waals surface area contributed by atoms with E-state index in [9.17, 15) is 9.59 Å². The predicted octanol–water partition coefficient (Wildman–Crippen LogP) is 0.847. The number of rotatable bonds is 6. The summed E-state index contributed by atoms with van der Waals surface area (Å²) in [6.07, 6.45) is 0.434. The SMILES string of the molecule is CCSCCN1CCC(C(=O)O)C(C(=O)O)C1. The normalized spacial score (nSPS) is 25.7. The number of hydrogen-bond acceptors (Lipinski definition) is 4. The lowest BCUT2D eigenvalue weighted by atomic mass is 9.85. The molecule has 1 heterocycles. The molecule has 1 aliphatic rings. The lowest BCUT2D eigenvalue weighted by Crippen LogP contribution is -2.47. The molecule has 1 rings (SSSR count). The third kappa shape index (κ3) is 4.20. The molecule has 6 heteroatoms. The van der Waals surface area contributed by atoms with Crippen molar-refractivity contribution in [2.75, 3.05) is 31.1 Å². The number of carbonyl (C=O) groups is 2. The lowest BCUT2D eigenvalue weighted by Gasteiger charge is -2.34. The Bertz CT molecular complexity index is 285. The van der Waals surface area contributed by atoms with Crippen molar-refractivity contribution in [2.45, 2.75) is 13.3 Å². The summed E-state index contributed by atoms with van der Waals surface area (Å²) in [6.45, 7) is 3.97. The number of thioether (sulfide) groups is 1. The smallest absolute Gasteiger partial charge is 0.308 e. The van der Waals surface area contributed by atoms with Gasteiger partial charge in [-0.05, 0) is 18.7 Å². The van der Waals surface area contributed by atoms with E-state index in [1.54, 1.807) is 0 Å². The van der Waals surface area contributed by atoms with E-state index in [4.69, 9.17) is 10.2 Å². The van der Waals surface area contributed by atoms with Crippen molar-refractivity contribution in [3.05, 3.63) is 0 Å². The molecule has 2 N–H and O–H groups in total. The summed E-state index contributed by atoms with van der Waals surface area (Å²) in [7, 11) is 0. The largest absolute Gasteiger partial charge is 0.481 e. The molecule has 2 unspecified atom stereocenters. The topological polar surface area (TPSA) is 77.8 Å². The fourth-order valence-corrected chi connectivity index (χ4v) is 2.78. The number of hydrogen-bond donors (Lipinski definition) is 2. The van der Waals surface area contributed by atoms with E-state index < -0.39 is 23.8 Å². The number of nitrogens with zero attached hydrogens (tertiary/aromatic N) is 1. The third-order valence-electron chi connectivity index (χ3n) is 3.09. The van der Waals surface area contributed by atoms with Gasteiger partial charge < -0.3 is 15.1 Å². The number of aliphatic carboxylic acids is 2. The van der Waals surface area contributed by atoms with Gasteiger partial charge >= 0.3 is 11.9 Å². The Morgan fingerprint density at radius 1 is 1.29 bits per heavy atom. The van der Waals surface area contributed by atoms with Crippen molar-refractivity contribution in [2.24, 2.45) is 11.8 Å². The molecular formula is C11H19NO4S. The maximum Gasteiger partial charge on any atom is 0.308 e. The van der Waals surface area contributed by atoms with Crippen LogP contribution < -0.4 is 0 Å². The Hall–Kier alpha value is -0.750. The van der Waals surface area contributed by atoms with Crippen molar-refractivity contribution in [3.63, 3.8) is 0 Å². The van der Waals surface area contributed by atoms with Crippen LogP contribution in [0.3, 0.4) is 0 Å². The standard InChI is InChI=1S/C11H19NO4S/c1-2-17-6-5-12-4-3-8(10(13)14)9(7-12)11(15)16/h8-9H,2-7H2,1H3,(H,13,14)(H,15,16). The highest BCUT2D eigenvalue weighted by atomic mass is 32.2. The van der Waals surface area contributed by atoms with Crippen LogP contribution in [0.4, 0.5) is 0 Å². The molecule has 1 fully saturated rings. The van der Waals surface area contributed by atoms with Crippen LogP contribution in [0.15, 0.2) is 0 Å². The molecule has 0 aliphatic carbocycles. The fourth-order valence-electron chi connectivity index (χ4n) is 2.11. The van der Waals surface area contributed by atoms with Gasteiger partial charge in [0.1, 0.15) is 0 Å². The van der Waals surface area contributed by atoms with Gasteiger partial charge in [-0.1, -0.05) is 6.92 Å². The van der Waals surface area contributed by atoms with Crippen LogP contribution in [0.2, 0.25) is 0 Å². The fraction of sp³-hybridized carbons (Fsp3) is 0.818. The van der Waals surface area contributed by atoms with E-state index >= 15 is 0 Å². The molecule has 1 aliphatic heterocycles. The molecule has 0 saturated carbocycles. The Morgan fingerprint density at radius 3 is 2.47 bits per heavy atom. The van der Waals surface area contributed by atoms with E-state index in [0.717, 1.165) is 18.1 Å². The molecule has 0 bridgehead atoms. The molecule has 2 atom stereocenters. The second-order valence-electron chi connectivity index (χ2n) is 4.18. The molecular weight excluding hydrogens is 242 g/mol. The Balaban J connectivity index is 2.50. The average molecular weight is 261 g/mol. The zero-order valence-electron chi connectivity index (χ0n) is 9.96. The van der Waals surface area contributed by atoms with Gasteiger partial charge in [-0.25, -0.2) is 0 Å². The first-order chi connectivity index (χ1) is 8.06. The van der Waals surface area contributed by atoms with Crippen LogP contribution in [-0.2, 0) is 9.59 Å². The van der Waals surface area contributed by atoms with Crippen LogP contribution in [-0.4, -0.2) is 58.2 Å². The highest BCUT2D eigenvalue weighted by Gasteiger charge is 2.38. The van der Waals surface area contributed by atoms with Gasteiger partial charge in [-0.2, -0.15) is 11.8 Å². The zero-order chi connectivity index (χ0) is 12.8. The van der Waals surface area contributed by atoms with E-state index in [0.29, 0.717) is 19.5 Å². The predicted molar refractivity (Wildman–Crippen MR) is 66.3 cm³/mol. The molecule has 0 aromatic carbocycles. The van der Waals surface area contributed by atoms with E-state index in [1.807, 2.05) is 11.8 Å². The molecule has 5 nitrogen and oxygen atoms in total. The minimum atomic E-state index is -0.995. The van der Waals surface area contributed by atoms with Crippen molar-refractivity contribution in [3.8, 4) is 0 Å². The first kappa shape index (κ1) is 14.3. The minimum Gasteiger partial charge on any atom is -0.481 e. The van der Waals surface area contributed by atoms with Crippen LogP contribution >= 0.6 is 11.8 Å². The summed E-state index contributed by atoms with van der Waals surface area (Å²) >= 11 is 1.81. The monoisotopic (exact) mass is 261 g/mol. The molecule has 98 valence electrons. The number of piperidine rings is 1. The first-order valence-corrected chi connectivity index (χ1v) is 6.97. The second-order valence-corrected chi connectivity index (χ2v) is 5.57. The van der Waals surface area contributed by atoms with Crippen LogP contribution in [0.1, 0.15) is 13.3 Å². The summed E-state index contributed by atoms with van der Waals surface area (Å²) in [5, 5.41) is 18.0. The second kappa shape index (κ2) is 6.86. The lowest BCUT2D eigenvalue weighted by molar-refractivity contribution is -0.157. The summed E-state index contributed by atoms with van der Waals surface area (Å²) in [6, 6.07) is 0. The van der Waals surface area contributed by atoms with Crippen molar-refractivity contribution in [1.82, 2.24) is 4.90 Å². The molecule has 0 amide bonds. The van der Waals surface area contributed by atoms with E-state index in [-0.39, 0.29) is 0 Å². The van der Waals surface area contributed by atoms with Crippen molar-refractivity contribution in [1.29, 1.82) is 0 Å². The summed E-state index contributed by atoms with van der Waals surface area (Å²) in [5.74, 6) is -1.46. The molecule has 0 aromatic rings. The minimum absolute atomic E-state index is 0.358. The van der Waals surface area contributed by atoms with Crippen LogP contribution in [0.5, 0.6) is 0 Å². The Labute approximate surface area is 105 Å². The quantitative estimate of drug-likeness (QED) is 0.690. The van der Waals surface area contributed by atoms with Crippen LogP contribution in [0.25, 0.3) is 0 Å². The third-order valence-corrected chi connectivity index (χ3v) is 3.97. The Kier molecular flexibility index (Phi) is 5.77. The number of likely N-dealkylation sites (tertiary alicyclic amines) is 1. The van der Waals surface area contributed by atoms with Gasteiger partial charge in [-0.3, -0.25) is 9.59 Å². The average Bonchev–Trinajstić information content (AvgIpc) is 2.29. The first-order valence-electron chi connectivity index (χ1n) is 5.82. The zero-order valence-corrected chi connectivity index (χ0v) is 10.8. The van der Waals surface area contributed by atoms with Gasteiger partial charge in [0.05, 0.1) is 11.8 Å². The molecule has 1 saturated heterocycles. The molecule has 17 heavy (non-hydrogen) atoms. The van der Waals surface area contributed by atoms with Crippen molar-refractivity contribution < 1.29 is 19.8 Å². The number of carboxylic acid groups (broad SMARTS) is 2. The van der Waals surface area contributed by atoms with Crippen molar-refractivity contribution >= 4 is 23.7 Å². The van der Waals surface area contributed by atoms with Gasteiger partial charge in [0.25, 0.3) is 0 Å². The summed E-state index contributed by atoms with van der Waals surface area (Å²) in [5.41, 5.74) is 0. The molecule has 0 aromatic heterocycles. The summed E-state index contributed by atoms with van der Waals surface area (Å²) in [4.78, 5) is 24.1. The van der Waals surface area contributed by atoms with Gasteiger partial charge in [0.2, 0.25) is 0 Å². The highest BCUT2D eigenvalue weighted by Crippen LogP contribution is 2.24. The van der Waals surface area contributed by atoms with E-state index in [1.165, 1.54) is 0 Å².